The summed E-state index contributed by atoms with van der Waals surface area (Å²) in [6.07, 6.45) is 3.46. The zero-order chi connectivity index (χ0) is 26.6. The number of aromatic nitrogens is 5. The molecule has 0 saturated carbocycles. The fourth-order valence-electron chi connectivity index (χ4n) is 4.59. The first kappa shape index (κ1) is 25.6. The van der Waals surface area contributed by atoms with Gasteiger partial charge in [-0.25, -0.2) is 9.97 Å². The summed E-state index contributed by atoms with van der Waals surface area (Å²) in [5.74, 6) is 1.05. The van der Waals surface area contributed by atoms with E-state index in [1.54, 1.807) is 22.7 Å². The Bertz CT molecular complexity index is 1580. The molecule has 6 rings (SSSR count). The van der Waals surface area contributed by atoms with Crippen molar-refractivity contribution < 1.29 is 9.59 Å². The van der Waals surface area contributed by atoms with Crippen LogP contribution in [-0.4, -0.2) is 42.2 Å². The number of rotatable bonds is 9. The molecule has 0 radical (unpaired) electrons. The average Bonchev–Trinajstić information content (AvgIpc) is 3.73. The summed E-state index contributed by atoms with van der Waals surface area (Å²) >= 11 is 4.59. The number of carbonyl (C=O) groups is 2. The summed E-state index contributed by atoms with van der Waals surface area (Å²) in [7, 11) is 0. The number of thioether (sulfide) groups is 1. The summed E-state index contributed by atoms with van der Waals surface area (Å²) in [5, 5.41) is 16.3. The molecule has 1 N–H and O–H groups in total. The predicted molar refractivity (Wildman–Crippen MR) is 155 cm³/mol. The van der Waals surface area contributed by atoms with Crippen LogP contribution in [0, 0.1) is 0 Å². The summed E-state index contributed by atoms with van der Waals surface area (Å²) in [6.45, 7) is 0.696. The third kappa shape index (κ3) is 5.85. The van der Waals surface area contributed by atoms with Gasteiger partial charge in [0.25, 0.3) is 0 Å². The average molecular weight is 573 g/mol. The van der Waals surface area contributed by atoms with Crippen LogP contribution in [0.25, 0.3) is 10.7 Å². The van der Waals surface area contributed by atoms with E-state index in [1.807, 2.05) is 47.2 Å². The second-order valence-electron chi connectivity index (χ2n) is 9.11. The molecule has 0 saturated heterocycles. The van der Waals surface area contributed by atoms with Crippen molar-refractivity contribution in [1.82, 2.24) is 24.7 Å². The van der Waals surface area contributed by atoms with E-state index in [0.29, 0.717) is 35.8 Å². The molecule has 39 heavy (non-hydrogen) atoms. The first-order valence-corrected chi connectivity index (χ1v) is 15.2. The van der Waals surface area contributed by atoms with Crippen molar-refractivity contribution in [1.29, 1.82) is 0 Å². The quantitative estimate of drug-likeness (QED) is 0.225. The van der Waals surface area contributed by atoms with Gasteiger partial charge in [-0.05, 0) is 41.3 Å². The molecular weight excluding hydrogens is 549 g/mol. The Morgan fingerprint density at radius 1 is 1.03 bits per heavy atom. The minimum absolute atomic E-state index is 0.0412. The fraction of sp³-hybridized carbons (Fsp3) is 0.214. The number of ketones is 1. The first-order valence-electron chi connectivity index (χ1n) is 12.5. The summed E-state index contributed by atoms with van der Waals surface area (Å²) < 4.78 is 2.07. The standard InChI is InChI=1S/C28H24N6O2S3/c35-22-15-19(23-8-4-12-37-23)14-21-20(22)16-29-27(30-21)31-25(36)17-39-28-33-32-26(24-9-5-13-38-24)34(28)11-10-18-6-2-1-3-7-18/h1-9,12-13,16,19H,10-11,14-15,17H2,(H,29,30,31,36). The summed E-state index contributed by atoms with van der Waals surface area (Å²) in [6, 6.07) is 18.3. The predicted octanol–water partition coefficient (Wildman–Crippen LogP) is 5.74. The highest BCUT2D eigenvalue weighted by atomic mass is 32.2. The molecule has 1 unspecified atom stereocenters. The van der Waals surface area contributed by atoms with Crippen LogP contribution in [-0.2, 0) is 24.2 Å². The smallest absolute Gasteiger partial charge is 0.237 e. The number of Topliss-reactive ketones (excluding diaryl/α,β-unsaturated/α-hetero) is 1. The van der Waals surface area contributed by atoms with E-state index in [0.717, 1.165) is 17.1 Å². The SMILES string of the molecule is O=C(CSc1nnc(-c2cccs2)n1CCc1ccccc1)Nc1ncc2c(n1)CC(c1cccs1)CC2=O. The Balaban J connectivity index is 1.13. The Labute approximate surface area is 237 Å². The number of amides is 1. The maximum Gasteiger partial charge on any atom is 0.237 e. The van der Waals surface area contributed by atoms with E-state index in [9.17, 15) is 9.59 Å². The van der Waals surface area contributed by atoms with E-state index in [-0.39, 0.29) is 29.3 Å². The molecule has 4 aromatic heterocycles. The second kappa shape index (κ2) is 11.6. The molecule has 0 fully saturated rings. The lowest BCUT2D eigenvalue weighted by Gasteiger charge is -2.22. The fourth-order valence-corrected chi connectivity index (χ4v) is 6.90. The van der Waals surface area contributed by atoms with Crippen LogP contribution in [0.1, 0.15) is 38.8 Å². The van der Waals surface area contributed by atoms with Gasteiger partial charge >= 0.3 is 0 Å². The maximum atomic E-state index is 12.9. The van der Waals surface area contributed by atoms with Gasteiger partial charge in [0.1, 0.15) is 0 Å². The van der Waals surface area contributed by atoms with Crippen LogP contribution in [0.5, 0.6) is 0 Å². The number of fused-ring (bicyclic) bond motifs is 1. The molecular formula is C28H24N6O2S3. The zero-order valence-electron chi connectivity index (χ0n) is 20.8. The summed E-state index contributed by atoms with van der Waals surface area (Å²) in [5.41, 5.74) is 2.45. The van der Waals surface area contributed by atoms with Crippen LogP contribution in [0.2, 0.25) is 0 Å². The molecule has 0 bridgehead atoms. The van der Waals surface area contributed by atoms with Crippen molar-refractivity contribution in [2.45, 2.75) is 36.9 Å². The van der Waals surface area contributed by atoms with Crippen molar-refractivity contribution in [2.75, 3.05) is 11.1 Å². The van der Waals surface area contributed by atoms with Crippen molar-refractivity contribution in [2.24, 2.45) is 0 Å². The molecule has 1 aliphatic carbocycles. The van der Waals surface area contributed by atoms with Crippen LogP contribution in [0.4, 0.5) is 5.95 Å². The van der Waals surface area contributed by atoms with E-state index >= 15 is 0 Å². The largest absolute Gasteiger partial charge is 0.301 e. The van der Waals surface area contributed by atoms with E-state index in [2.05, 4.69) is 48.2 Å². The highest BCUT2D eigenvalue weighted by Gasteiger charge is 2.29. The van der Waals surface area contributed by atoms with Gasteiger partial charge < -0.3 is 4.57 Å². The van der Waals surface area contributed by atoms with Gasteiger partial charge in [0, 0.05) is 30.0 Å². The van der Waals surface area contributed by atoms with Crippen molar-refractivity contribution in [3.05, 3.63) is 93.3 Å². The molecule has 1 aromatic carbocycles. The third-order valence-electron chi connectivity index (χ3n) is 6.49. The van der Waals surface area contributed by atoms with E-state index in [1.165, 1.54) is 28.4 Å². The van der Waals surface area contributed by atoms with Crippen molar-refractivity contribution >= 4 is 52.1 Å². The number of anilines is 1. The molecule has 5 aromatic rings. The minimum Gasteiger partial charge on any atom is -0.301 e. The van der Waals surface area contributed by atoms with Crippen LogP contribution < -0.4 is 5.32 Å². The lowest BCUT2D eigenvalue weighted by atomic mass is 9.86. The van der Waals surface area contributed by atoms with Crippen molar-refractivity contribution in [3.8, 4) is 10.7 Å². The van der Waals surface area contributed by atoms with Crippen LogP contribution >= 0.6 is 34.4 Å². The Kier molecular flexibility index (Phi) is 7.62. The summed E-state index contributed by atoms with van der Waals surface area (Å²) in [4.78, 5) is 36.5. The van der Waals surface area contributed by atoms with Gasteiger partial charge in [0.15, 0.2) is 16.8 Å². The highest BCUT2D eigenvalue weighted by Crippen LogP contribution is 2.34. The zero-order valence-corrected chi connectivity index (χ0v) is 23.3. The molecule has 196 valence electrons. The monoisotopic (exact) mass is 572 g/mol. The van der Waals surface area contributed by atoms with Gasteiger partial charge in [0.05, 0.1) is 21.9 Å². The Morgan fingerprint density at radius 2 is 1.87 bits per heavy atom. The number of hydrogen-bond donors (Lipinski definition) is 1. The second-order valence-corrected chi connectivity index (χ2v) is 12.0. The van der Waals surface area contributed by atoms with Crippen molar-refractivity contribution in [3.63, 3.8) is 0 Å². The highest BCUT2D eigenvalue weighted by molar-refractivity contribution is 7.99. The van der Waals surface area contributed by atoms with Gasteiger partial charge in [-0.15, -0.1) is 32.9 Å². The molecule has 1 amide bonds. The third-order valence-corrected chi connectivity index (χ3v) is 9.36. The van der Waals surface area contributed by atoms with Gasteiger partial charge in [0.2, 0.25) is 11.9 Å². The topological polar surface area (TPSA) is 103 Å². The van der Waals surface area contributed by atoms with E-state index < -0.39 is 0 Å². The van der Waals surface area contributed by atoms with Crippen LogP contribution in [0.3, 0.4) is 0 Å². The van der Waals surface area contributed by atoms with Gasteiger partial charge in [-0.1, -0.05) is 54.2 Å². The number of aryl methyl sites for hydroxylation is 1. The van der Waals surface area contributed by atoms with E-state index in [4.69, 9.17) is 0 Å². The molecule has 1 atom stereocenters. The number of nitrogens with one attached hydrogen (secondary N) is 1. The number of carbonyl (C=O) groups excluding carboxylic acids is 2. The lowest BCUT2D eigenvalue weighted by molar-refractivity contribution is -0.113. The first-order chi connectivity index (χ1) is 19.1. The maximum absolute atomic E-state index is 12.9. The number of hydrogen-bond acceptors (Lipinski definition) is 9. The number of thiophene rings is 2. The van der Waals surface area contributed by atoms with Gasteiger partial charge in [-0.2, -0.15) is 0 Å². The molecule has 1 aliphatic rings. The Hall–Kier alpha value is -3.67. The lowest BCUT2D eigenvalue weighted by Crippen LogP contribution is -2.22. The molecule has 4 heterocycles. The normalized spacial score (nSPS) is 14.8. The van der Waals surface area contributed by atoms with Crippen LogP contribution in [0.15, 0.2) is 76.7 Å². The number of nitrogens with zero attached hydrogens (tertiary/aromatic N) is 5. The number of benzene rings is 1. The van der Waals surface area contributed by atoms with Gasteiger partial charge in [-0.3, -0.25) is 14.9 Å². The minimum atomic E-state index is -0.243. The molecule has 11 heteroatoms. The molecule has 0 spiro atoms. The molecule has 0 aliphatic heterocycles. The molecule has 8 nitrogen and oxygen atoms in total. The Morgan fingerprint density at radius 3 is 2.67 bits per heavy atom.